The summed E-state index contributed by atoms with van der Waals surface area (Å²) in [6, 6.07) is 2.38. The van der Waals surface area contributed by atoms with Crippen molar-refractivity contribution in [2.45, 2.75) is 25.3 Å². The van der Waals surface area contributed by atoms with Gasteiger partial charge in [0.1, 0.15) is 0 Å². The van der Waals surface area contributed by atoms with Crippen LogP contribution >= 0.6 is 23.7 Å². The summed E-state index contributed by atoms with van der Waals surface area (Å²) in [6.45, 7) is 2.03. The van der Waals surface area contributed by atoms with Gasteiger partial charge in [-0.1, -0.05) is 0 Å². The van der Waals surface area contributed by atoms with Gasteiger partial charge in [0.05, 0.1) is 6.42 Å². The molecule has 0 atom stereocenters. The molecule has 3 nitrogen and oxygen atoms in total. The average molecular weight is 261 g/mol. The minimum atomic E-state index is 0. The van der Waals surface area contributed by atoms with Crippen molar-refractivity contribution in [3.63, 3.8) is 0 Å². The molecule has 2 N–H and O–H groups in total. The largest absolute Gasteiger partial charge is 0.353 e. The van der Waals surface area contributed by atoms with E-state index in [1.165, 1.54) is 0 Å². The Hall–Kier alpha value is -0.580. The lowest BCUT2D eigenvalue weighted by molar-refractivity contribution is -0.121. The van der Waals surface area contributed by atoms with E-state index in [-0.39, 0.29) is 18.3 Å². The maximum absolute atomic E-state index is 11.7. The quantitative estimate of drug-likeness (QED) is 0.867. The normalized spacial score (nSPS) is 16.5. The van der Waals surface area contributed by atoms with Crippen LogP contribution in [0.1, 0.15) is 18.4 Å². The molecule has 1 aromatic heterocycles. The second-order valence-corrected chi connectivity index (χ2v) is 4.68. The fourth-order valence-corrected chi connectivity index (χ4v) is 2.49. The molecule has 0 aromatic carbocycles. The van der Waals surface area contributed by atoms with Crippen molar-refractivity contribution < 1.29 is 4.79 Å². The van der Waals surface area contributed by atoms with Gasteiger partial charge in [0.2, 0.25) is 5.91 Å². The van der Waals surface area contributed by atoms with Crippen LogP contribution in [0.15, 0.2) is 16.8 Å². The number of piperidine rings is 1. The summed E-state index contributed by atoms with van der Waals surface area (Å²) in [4.78, 5) is 11.7. The second kappa shape index (κ2) is 6.89. The number of amides is 1. The van der Waals surface area contributed by atoms with Crippen molar-refractivity contribution >= 4 is 29.7 Å². The first-order valence-electron chi connectivity index (χ1n) is 5.36. The molecule has 5 heteroatoms. The van der Waals surface area contributed by atoms with Crippen LogP contribution in [0.3, 0.4) is 0 Å². The van der Waals surface area contributed by atoms with E-state index in [0.717, 1.165) is 31.5 Å². The number of hydrogen-bond donors (Lipinski definition) is 2. The van der Waals surface area contributed by atoms with Crippen LogP contribution in [0.4, 0.5) is 0 Å². The van der Waals surface area contributed by atoms with Crippen LogP contribution in [-0.2, 0) is 11.2 Å². The average Bonchev–Trinajstić information content (AvgIpc) is 2.71. The summed E-state index contributed by atoms with van der Waals surface area (Å²) in [6.07, 6.45) is 2.62. The third-order valence-corrected chi connectivity index (χ3v) is 3.38. The molecular formula is C11H17ClN2OS. The zero-order valence-electron chi connectivity index (χ0n) is 9.07. The van der Waals surface area contributed by atoms with E-state index in [1.807, 2.05) is 16.8 Å². The SMILES string of the molecule is Cl.O=C(Cc1ccsc1)NC1CCNCC1. The van der Waals surface area contributed by atoms with Crippen LogP contribution in [0.2, 0.25) is 0 Å². The lowest BCUT2D eigenvalue weighted by Crippen LogP contribution is -2.43. The van der Waals surface area contributed by atoms with E-state index in [9.17, 15) is 4.79 Å². The molecule has 1 aromatic rings. The molecule has 2 rings (SSSR count). The molecule has 0 unspecified atom stereocenters. The number of thiophene rings is 1. The van der Waals surface area contributed by atoms with Crippen LogP contribution in [-0.4, -0.2) is 25.0 Å². The fraction of sp³-hybridized carbons (Fsp3) is 0.545. The minimum absolute atomic E-state index is 0. The highest BCUT2D eigenvalue weighted by Gasteiger charge is 2.15. The number of nitrogens with one attached hydrogen (secondary N) is 2. The maximum Gasteiger partial charge on any atom is 0.224 e. The molecule has 1 amide bonds. The number of hydrogen-bond acceptors (Lipinski definition) is 3. The molecule has 16 heavy (non-hydrogen) atoms. The third-order valence-electron chi connectivity index (χ3n) is 2.65. The molecule has 0 aliphatic carbocycles. The predicted molar refractivity (Wildman–Crippen MR) is 69.3 cm³/mol. The Morgan fingerprint density at radius 2 is 2.25 bits per heavy atom. The second-order valence-electron chi connectivity index (χ2n) is 3.90. The Kier molecular flexibility index (Phi) is 5.80. The molecule has 0 bridgehead atoms. The Bertz CT molecular complexity index is 310. The summed E-state index contributed by atoms with van der Waals surface area (Å²) in [5, 5.41) is 10.4. The number of carbonyl (C=O) groups excluding carboxylic acids is 1. The van der Waals surface area contributed by atoms with E-state index < -0.39 is 0 Å². The Morgan fingerprint density at radius 3 is 2.88 bits per heavy atom. The van der Waals surface area contributed by atoms with Gasteiger partial charge in [-0.3, -0.25) is 4.79 Å². The number of halogens is 1. The Balaban J connectivity index is 0.00000128. The summed E-state index contributed by atoms with van der Waals surface area (Å²) >= 11 is 1.64. The van der Waals surface area contributed by atoms with Crippen LogP contribution in [0.5, 0.6) is 0 Å². The van der Waals surface area contributed by atoms with Gasteiger partial charge in [-0.05, 0) is 48.3 Å². The Labute approximate surface area is 106 Å². The summed E-state index contributed by atoms with van der Waals surface area (Å²) in [5.74, 6) is 0.153. The molecule has 2 heterocycles. The van der Waals surface area contributed by atoms with Gasteiger partial charge in [-0.2, -0.15) is 11.3 Å². The Morgan fingerprint density at radius 1 is 1.50 bits per heavy atom. The smallest absolute Gasteiger partial charge is 0.224 e. The fourth-order valence-electron chi connectivity index (χ4n) is 1.82. The van der Waals surface area contributed by atoms with E-state index >= 15 is 0 Å². The maximum atomic E-state index is 11.7. The van der Waals surface area contributed by atoms with Gasteiger partial charge in [0, 0.05) is 6.04 Å². The molecule has 0 spiro atoms. The third kappa shape index (κ3) is 4.12. The van der Waals surface area contributed by atoms with Crippen molar-refractivity contribution in [2.75, 3.05) is 13.1 Å². The highest BCUT2D eigenvalue weighted by atomic mass is 35.5. The van der Waals surface area contributed by atoms with Gasteiger partial charge in [0.25, 0.3) is 0 Å². The van der Waals surface area contributed by atoms with E-state index in [0.29, 0.717) is 12.5 Å². The first-order valence-corrected chi connectivity index (χ1v) is 6.30. The molecule has 90 valence electrons. The lowest BCUT2D eigenvalue weighted by Gasteiger charge is -2.23. The van der Waals surface area contributed by atoms with E-state index in [2.05, 4.69) is 10.6 Å². The van der Waals surface area contributed by atoms with Gasteiger partial charge >= 0.3 is 0 Å². The molecule has 1 saturated heterocycles. The van der Waals surface area contributed by atoms with Crippen LogP contribution < -0.4 is 10.6 Å². The molecule has 1 aliphatic rings. The van der Waals surface area contributed by atoms with Crippen molar-refractivity contribution in [2.24, 2.45) is 0 Å². The van der Waals surface area contributed by atoms with Crippen molar-refractivity contribution in [1.29, 1.82) is 0 Å². The van der Waals surface area contributed by atoms with Crippen LogP contribution in [0, 0.1) is 0 Å². The highest BCUT2D eigenvalue weighted by Crippen LogP contribution is 2.07. The molecule has 0 radical (unpaired) electrons. The summed E-state index contributed by atoms with van der Waals surface area (Å²) in [5.41, 5.74) is 1.12. The first kappa shape index (κ1) is 13.5. The van der Waals surface area contributed by atoms with Crippen LogP contribution in [0.25, 0.3) is 0 Å². The molecule has 1 aliphatic heterocycles. The standard InChI is InChI=1S/C11H16N2OS.ClH/c14-11(7-9-3-6-15-8-9)13-10-1-4-12-5-2-10;/h3,6,8,10,12H,1-2,4-5,7H2,(H,13,14);1H. The molecule has 1 fully saturated rings. The summed E-state index contributed by atoms with van der Waals surface area (Å²) < 4.78 is 0. The van der Waals surface area contributed by atoms with Gasteiger partial charge in [0.15, 0.2) is 0 Å². The van der Waals surface area contributed by atoms with Gasteiger partial charge in [-0.15, -0.1) is 12.4 Å². The zero-order valence-corrected chi connectivity index (χ0v) is 10.7. The summed E-state index contributed by atoms with van der Waals surface area (Å²) in [7, 11) is 0. The van der Waals surface area contributed by atoms with Gasteiger partial charge < -0.3 is 10.6 Å². The number of rotatable bonds is 3. The molecular weight excluding hydrogens is 244 g/mol. The van der Waals surface area contributed by atoms with Crippen molar-refractivity contribution in [3.05, 3.63) is 22.4 Å². The zero-order chi connectivity index (χ0) is 10.5. The topological polar surface area (TPSA) is 41.1 Å². The van der Waals surface area contributed by atoms with Gasteiger partial charge in [-0.25, -0.2) is 0 Å². The lowest BCUT2D eigenvalue weighted by atomic mass is 10.1. The monoisotopic (exact) mass is 260 g/mol. The van der Waals surface area contributed by atoms with Crippen molar-refractivity contribution in [3.8, 4) is 0 Å². The van der Waals surface area contributed by atoms with Crippen molar-refractivity contribution in [1.82, 2.24) is 10.6 Å². The number of carbonyl (C=O) groups is 1. The van der Waals surface area contributed by atoms with E-state index in [1.54, 1.807) is 11.3 Å². The highest BCUT2D eigenvalue weighted by molar-refractivity contribution is 7.07. The molecule has 0 saturated carbocycles. The minimum Gasteiger partial charge on any atom is -0.353 e. The first-order chi connectivity index (χ1) is 7.34. The predicted octanol–water partition coefficient (Wildman–Crippen LogP) is 1.58. The van der Waals surface area contributed by atoms with E-state index in [4.69, 9.17) is 0 Å².